The molecule has 1 heterocycles. The van der Waals surface area contributed by atoms with Gasteiger partial charge < -0.3 is 16.0 Å². The van der Waals surface area contributed by atoms with Gasteiger partial charge in [-0.3, -0.25) is 0 Å². The summed E-state index contributed by atoms with van der Waals surface area (Å²) in [5.74, 6) is 0.902. The highest BCUT2D eigenvalue weighted by Gasteiger charge is 2.00. The monoisotopic (exact) mass is 266 g/mol. The van der Waals surface area contributed by atoms with E-state index in [1.54, 1.807) is 12.4 Å². The van der Waals surface area contributed by atoms with Crippen molar-refractivity contribution in [1.29, 1.82) is 0 Å². The second kappa shape index (κ2) is 4.35. The number of nitrogens with two attached hydrogens (primary N) is 1. The number of rotatable bonds is 3. The second-order valence-corrected chi connectivity index (χ2v) is 3.98. The van der Waals surface area contributed by atoms with Crippen molar-refractivity contribution in [2.45, 2.75) is 6.54 Å². The molecular weight excluding hydrogens is 256 g/mol. The van der Waals surface area contributed by atoms with Gasteiger partial charge in [0.1, 0.15) is 5.82 Å². The van der Waals surface area contributed by atoms with E-state index < -0.39 is 0 Å². The first-order chi connectivity index (χ1) is 7.25. The summed E-state index contributed by atoms with van der Waals surface area (Å²) in [5, 5.41) is 3.25. The molecule has 0 aliphatic rings. The zero-order valence-corrected chi connectivity index (χ0v) is 9.58. The van der Waals surface area contributed by atoms with E-state index in [-0.39, 0.29) is 0 Å². The summed E-state index contributed by atoms with van der Waals surface area (Å²) in [7, 11) is 0. The number of H-pyrrole nitrogens is 1. The number of aromatic nitrogens is 2. The Kier molecular flexibility index (Phi) is 2.91. The average Bonchev–Trinajstić information content (AvgIpc) is 2.69. The van der Waals surface area contributed by atoms with E-state index in [9.17, 15) is 0 Å². The number of nitrogen functional groups attached to an aromatic ring is 1. The highest BCUT2D eigenvalue weighted by atomic mass is 79.9. The zero-order chi connectivity index (χ0) is 10.7. The van der Waals surface area contributed by atoms with Crippen LogP contribution in [0.4, 0.5) is 11.4 Å². The maximum Gasteiger partial charge on any atom is 0.125 e. The van der Waals surface area contributed by atoms with Crippen molar-refractivity contribution < 1.29 is 0 Å². The Labute approximate surface area is 96.0 Å². The van der Waals surface area contributed by atoms with Gasteiger partial charge in [0, 0.05) is 28.2 Å². The zero-order valence-electron chi connectivity index (χ0n) is 8.00. The van der Waals surface area contributed by atoms with E-state index in [2.05, 4.69) is 31.2 Å². The summed E-state index contributed by atoms with van der Waals surface area (Å²) < 4.78 is 0.953. The molecule has 0 atom stereocenters. The lowest BCUT2D eigenvalue weighted by atomic mass is 10.3. The van der Waals surface area contributed by atoms with Crippen LogP contribution in [-0.2, 0) is 6.54 Å². The van der Waals surface area contributed by atoms with Crippen LogP contribution in [0.1, 0.15) is 5.82 Å². The van der Waals surface area contributed by atoms with Gasteiger partial charge in [-0.2, -0.15) is 0 Å². The van der Waals surface area contributed by atoms with E-state index in [1.165, 1.54) is 0 Å². The van der Waals surface area contributed by atoms with Crippen LogP contribution in [0.25, 0.3) is 0 Å². The fraction of sp³-hybridized carbons (Fsp3) is 0.100. The highest BCUT2D eigenvalue weighted by molar-refractivity contribution is 9.10. The number of imidazole rings is 1. The molecular formula is C10H11BrN4. The minimum Gasteiger partial charge on any atom is -0.399 e. The molecule has 78 valence electrons. The first-order valence-electron chi connectivity index (χ1n) is 4.53. The third-order valence-electron chi connectivity index (χ3n) is 1.99. The number of hydrogen-bond donors (Lipinski definition) is 3. The van der Waals surface area contributed by atoms with Crippen molar-refractivity contribution >= 4 is 27.3 Å². The summed E-state index contributed by atoms with van der Waals surface area (Å²) in [4.78, 5) is 7.15. The molecule has 0 radical (unpaired) electrons. The first kappa shape index (κ1) is 10.0. The Hall–Kier alpha value is -1.49. The van der Waals surface area contributed by atoms with Crippen molar-refractivity contribution in [2.75, 3.05) is 11.1 Å². The van der Waals surface area contributed by atoms with Crippen molar-refractivity contribution in [2.24, 2.45) is 0 Å². The van der Waals surface area contributed by atoms with Gasteiger partial charge in [0.15, 0.2) is 0 Å². The molecule has 15 heavy (non-hydrogen) atoms. The van der Waals surface area contributed by atoms with Gasteiger partial charge in [-0.15, -0.1) is 0 Å². The fourth-order valence-electron chi connectivity index (χ4n) is 1.25. The number of aromatic amines is 1. The standard InChI is InChI=1S/C10H11BrN4/c11-8-5-7(12)1-2-9(8)15-6-10-13-3-4-14-10/h1-5,15H,6,12H2,(H,13,14). The summed E-state index contributed by atoms with van der Waals surface area (Å²) in [6, 6.07) is 5.65. The lowest BCUT2D eigenvalue weighted by Gasteiger charge is -2.07. The predicted molar refractivity (Wildman–Crippen MR) is 64.5 cm³/mol. The van der Waals surface area contributed by atoms with Gasteiger partial charge in [-0.25, -0.2) is 4.98 Å². The Morgan fingerprint density at radius 3 is 3.00 bits per heavy atom. The SMILES string of the molecule is Nc1ccc(NCc2ncc[nH]2)c(Br)c1. The maximum atomic E-state index is 5.64. The molecule has 1 aromatic carbocycles. The summed E-state index contributed by atoms with van der Waals surface area (Å²) in [6.07, 6.45) is 3.53. The Morgan fingerprint density at radius 1 is 1.47 bits per heavy atom. The molecule has 0 amide bonds. The van der Waals surface area contributed by atoms with E-state index in [0.717, 1.165) is 21.7 Å². The van der Waals surface area contributed by atoms with Crippen molar-refractivity contribution in [3.8, 4) is 0 Å². The quantitative estimate of drug-likeness (QED) is 0.748. The number of benzene rings is 1. The van der Waals surface area contributed by atoms with Crippen molar-refractivity contribution in [3.63, 3.8) is 0 Å². The third kappa shape index (κ3) is 2.50. The van der Waals surface area contributed by atoms with Gasteiger partial charge in [0.2, 0.25) is 0 Å². The van der Waals surface area contributed by atoms with Crippen LogP contribution in [0.2, 0.25) is 0 Å². The Morgan fingerprint density at radius 2 is 2.33 bits per heavy atom. The Bertz CT molecular complexity index is 439. The van der Waals surface area contributed by atoms with Crippen LogP contribution in [0, 0.1) is 0 Å². The molecule has 5 heteroatoms. The van der Waals surface area contributed by atoms with E-state index in [4.69, 9.17) is 5.73 Å². The van der Waals surface area contributed by atoms with Gasteiger partial charge in [-0.05, 0) is 34.1 Å². The molecule has 0 aliphatic carbocycles. The molecule has 0 bridgehead atoms. The minimum atomic E-state index is 0.662. The minimum absolute atomic E-state index is 0.662. The second-order valence-electron chi connectivity index (χ2n) is 3.13. The molecule has 4 nitrogen and oxygen atoms in total. The summed E-state index contributed by atoms with van der Waals surface area (Å²) >= 11 is 3.44. The molecule has 0 unspecified atom stereocenters. The summed E-state index contributed by atoms with van der Waals surface area (Å²) in [6.45, 7) is 0.662. The Balaban J connectivity index is 2.05. The number of halogens is 1. The van der Waals surface area contributed by atoms with Gasteiger partial charge in [0.05, 0.1) is 6.54 Å². The number of anilines is 2. The maximum absolute atomic E-state index is 5.64. The normalized spacial score (nSPS) is 10.2. The van der Waals surface area contributed by atoms with Crippen LogP contribution in [0.15, 0.2) is 35.1 Å². The number of nitrogens with zero attached hydrogens (tertiary/aromatic N) is 1. The lowest BCUT2D eigenvalue weighted by Crippen LogP contribution is -2.01. The fourth-order valence-corrected chi connectivity index (χ4v) is 1.78. The number of hydrogen-bond acceptors (Lipinski definition) is 3. The lowest BCUT2D eigenvalue weighted by molar-refractivity contribution is 0.999. The van der Waals surface area contributed by atoms with Crippen molar-refractivity contribution in [1.82, 2.24) is 9.97 Å². The van der Waals surface area contributed by atoms with E-state index in [1.807, 2.05) is 18.2 Å². The van der Waals surface area contributed by atoms with Crippen LogP contribution >= 0.6 is 15.9 Å². The van der Waals surface area contributed by atoms with Crippen LogP contribution in [0.5, 0.6) is 0 Å². The predicted octanol–water partition coefficient (Wildman–Crippen LogP) is 2.37. The van der Waals surface area contributed by atoms with Crippen LogP contribution in [0.3, 0.4) is 0 Å². The molecule has 2 rings (SSSR count). The topological polar surface area (TPSA) is 66.7 Å². The summed E-state index contributed by atoms with van der Waals surface area (Å²) in [5.41, 5.74) is 7.38. The first-order valence-corrected chi connectivity index (χ1v) is 5.32. The molecule has 0 fully saturated rings. The molecule has 4 N–H and O–H groups in total. The number of nitrogens with one attached hydrogen (secondary N) is 2. The smallest absolute Gasteiger partial charge is 0.125 e. The van der Waals surface area contributed by atoms with E-state index in [0.29, 0.717) is 6.54 Å². The van der Waals surface area contributed by atoms with Gasteiger partial charge in [-0.1, -0.05) is 0 Å². The largest absolute Gasteiger partial charge is 0.399 e. The van der Waals surface area contributed by atoms with Gasteiger partial charge in [0.25, 0.3) is 0 Å². The average molecular weight is 267 g/mol. The van der Waals surface area contributed by atoms with E-state index >= 15 is 0 Å². The molecule has 1 aromatic heterocycles. The van der Waals surface area contributed by atoms with Crippen LogP contribution in [-0.4, -0.2) is 9.97 Å². The molecule has 2 aromatic rings. The van der Waals surface area contributed by atoms with Crippen molar-refractivity contribution in [3.05, 3.63) is 40.9 Å². The molecule has 0 saturated carbocycles. The van der Waals surface area contributed by atoms with Gasteiger partial charge >= 0.3 is 0 Å². The third-order valence-corrected chi connectivity index (χ3v) is 2.65. The molecule has 0 spiro atoms. The van der Waals surface area contributed by atoms with Crippen LogP contribution < -0.4 is 11.1 Å². The highest BCUT2D eigenvalue weighted by Crippen LogP contribution is 2.24. The molecule has 0 saturated heterocycles. The molecule has 0 aliphatic heterocycles.